The van der Waals surface area contributed by atoms with E-state index in [9.17, 15) is 4.39 Å². The molecule has 1 heteroatoms. The van der Waals surface area contributed by atoms with Crippen LogP contribution in [-0.2, 0) is 6.42 Å². The van der Waals surface area contributed by atoms with Crippen molar-refractivity contribution in [1.29, 1.82) is 0 Å². The summed E-state index contributed by atoms with van der Waals surface area (Å²) >= 11 is 0. The summed E-state index contributed by atoms with van der Waals surface area (Å²) in [4.78, 5) is 0. The molecule has 0 atom stereocenters. The first kappa shape index (κ1) is 13.5. The van der Waals surface area contributed by atoms with Gasteiger partial charge in [-0.15, -0.1) is 6.58 Å². The average Bonchev–Trinajstić information content (AvgIpc) is 2.45. The van der Waals surface area contributed by atoms with Gasteiger partial charge in [0.15, 0.2) is 0 Å². The molecule has 0 fully saturated rings. The maximum absolute atomic E-state index is 12.9. The molecular formula is C18H19F. The zero-order chi connectivity index (χ0) is 13.5. The second-order valence-electron chi connectivity index (χ2n) is 4.74. The molecule has 98 valence electrons. The highest BCUT2D eigenvalue weighted by atomic mass is 19.1. The first-order valence-electron chi connectivity index (χ1n) is 6.75. The largest absolute Gasteiger partial charge is 0.207 e. The van der Waals surface area contributed by atoms with E-state index in [-0.39, 0.29) is 5.82 Å². The van der Waals surface area contributed by atoms with Crippen LogP contribution in [0.2, 0.25) is 0 Å². The van der Waals surface area contributed by atoms with Gasteiger partial charge in [-0.25, -0.2) is 4.39 Å². The van der Waals surface area contributed by atoms with Crippen molar-refractivity contribution in [3.63, 3.8) is 0 Å². The zero-order valence-corrected chi connectivity index (χ0v) is 11.1. The van der Waals surface area contributed by atoms with Gasteiger partial charge in [-0.2, -0.15) is 0 Å². The van der Waals surface area contributed by atoms with Crippen molar-refractivity contribution in [2.45, 2.75) is 25.7 Å². The minimum absolute atomic E-state index is 0.192. The molecule has 0 unspecified atom stereocenters. The van der Waals surface area contributed by atoms with Gasteiger partial charge in [-0.05, 0) is 54.5 Å². The molecule has 2 rings (SSSR count). The van der Waals surface area contributed by atoms with Crippen LogP contribution >= 0.6 is 0 Å². The smallest absolute Gasteiger partial charge is 0.123 e. The number of aryl methyl sites for hydroxylation is 1. The Bertz CT molecular complexity index is 508. The van der Waals surface area contributed by atoms with Gasteiger partial charge >= 0.3 is 0 Å². The van der Waals surface area contributed by atoms with E-state index in [1.165, 1.54) is 30.5 Å². The molecule has 0 amide bonds. The van der Waals surface area contributed by atoms with Crippen molar-refractivity contribution in [2.24, 2.45) is 0 Å². The van der Waals surface area contributed by atoms with Gasteiger partial charge in [0.25, 0.3) is 0 Å². The van der Waals surface area contributed by atoms with Crippen LogP contribution in [0, 0.1) is 5.82 Å². The van der Waals surface area contributed by atoms with Crippen LogP contribution in [-0.4, -0.2) is 0 Å². The van der Waals surface area contributed by atoms with Crippen molar-refractivity contribution in [2.75, 3.05) is 0 Å². The van der Waals surface area contributed by atoms with E-state index in [2.05, 4.69) is 30.8 Å². The molecule has 19 heavy (non-hydrogen) atoms. The Hall–Kier alpha value is -1.89. The fourth-order valence-corrected chi connectivity index (χ4v) is 2.12. The summed E-state index contributed by atoms with van der Waals surface area (Å²) < 4.78 is 12.9. The van der Waals surface area contributed by atoms with E-state index in [0.29, 0.717) is 0 Å². The molecule has 0 saturated heterocycles. The molecule has 0 spiro atoms. The van der Waals surface area contributed by atoms with E-state index in [1.807, 2.05) is 18.2 Å². The lowest BCUT2D eigenvalue weighted by Crippen LogP contribution is -1.86. The number of benzene rings is 2. The minimum atomic E-state index is -0.192. The summed E-state index contributed by atoms with van der Waals surface area (Å²) in [5.74, 6) is -0.192. The number of halogens is 1. The van der Waals surface area contributed by atoms with Gasteiger partial charge in [0, 0.05) is 0 Å². The summed E-state index contributed by atoms with van der Waals surface area (Å²) in [6.45, 7) is 3.73. The predicted octanol–water partition coefficient (Wildman–Crippen LogP) is 5.39. The molecule has 2 aromatic rings. The van der Waals surface area contributed by atoms with Crippen LogP contribution in [0.25, 0.3) is 11.1 Å². The van der Waals surface area contributed by atoms with Crippen LogP contribution in [0.15, 0.2) is 61.2 Å². The van der Waals surface area contributed by atoms with Gasteiger partial charge in [-0.1, -0.05) is 42.5 Å². The molecule has 0 aromatic heterocycles. The predicted molar refractivity (Wildman–Crippen MR) is 79.6 cm³/mol. The second kappa shape index (κ2) is 6.89. The van der Waals surface area contributed by atoms with Crippen molar-refractivity contribution in [3.05, 3.63) is 72.6 Å². The Labute approximate surface area is 114 Å². The van der Waals surface area contributed by atoms with E-state index >= 15 is 0 Å². The third-order valence-corrected chi connectivity index (χ3v) is 3.26. The van der Waals surface area contributed by atoms with E-state index in [4.69, 9.17) is 0 Å². The highest BCUT2D eigenvalue weighted by Crippen LogP contribution is 2.20. The molecule has 0 saturated carbocycles. The molecule has 0 aliphatic rings. The number of hydrogen-bond acceptors (Lipinski definition) is 0. The molecular weight excluding hydrogens is 235 g/mol. The first-order chi connectivity index (χ1) is 9.29. The minimum Gasteiger partial charge on any atom is -0.207 e. The topological polar surface area (TPSA) is 0 Å². The Kier molecular flexibility index (Phi) is 4.91. The lowest BCUT2D eigenvalue weighted by molar-refractivity contribution is 0.628. The standard InChI is InChI=1S/C18H19F/c1-2-3-4-5-6-15-7-9-16(10-8-15)17-11-13-18(19)14-12-17/h2,7-14H,1,3-6H2. The Balaban J connectivity index is 1.98. The van der Waals surface area contributed by atoms with E-state index in [0.717, 1.165) is 24.0 Å². The molecule has 0 N–H and O–H groups in total. The molecule has 0 heterocycles. The first-order valence-corrected chi connectivity index (χ1v) is 6.75. The van der Waals surface area contributed by atoms with E-state index < -0.39 is 0 Å². The SMILES string of the molecule is C=CCCCCc1ccc(-c2ccc(F)cc2)cc1. The molecule has 0 aliphatic heterocycles. The van der Waals surface area contributed by atoms with Gasteiger partial charge in [-0.3, -0.25) is 0 Å². The van der Waals surface area contributed by atoms with Crippen molar-refractivity contribution in [3.8, 4) is 11.1 Å². The molecule has 0 radical (unpaired) electrons. The van der Waals surface area contributed by atoms with Crippen molar-refractivity contribution in [1.82, 2.24) is 0 Å². The van der Waals surface area contributed by atoms with Crippen molar-refractivity contribution >= 4 is 0 Å². The van der Waals surface area contributed by atoms with Gasteiger partial charge in [0.2, 0.25) is 0 Å². The Morgan fingerprint density at radius 3 is 2.00 bits per heavy atom. The highest BCUT2D eigenvalue weighted by molar-refractivity contribution is 5.63. The summed E-state index contributed by atoms with van der Waals surface area (Å²) in [5, 5.41) is 0. The second-order valence-corrected chi connectivity index (χ2v) is 4.74. The maximum atomic E-state index is 12.9. The lowest BCUT2D eigenvalue weighted by atomic mass is 10.0. The molecule has 0 bridgehead atoms. The summed E-state index contributed by atoms with van der Waals surface area (Å²) in [6, 6.07) is 15.2. The average molecular weight is 254 g/mol. The van der Waals surface area contributed by atoms with Crippen LogP contribution in [0.3, 0.4) is 0 Å². The Morgan fingerprint density at radius 1 is 0.842 bits per heavy atom. The molecule has 0 nitrogen and oxygen atoms in total. The fraction of sp³-hybridized carbons (Fsp3) is 0.222. The summed E-state index contributed by atoms with van der Waals surface area (Å²) in [7, 11) is 0. The monoisotopic (exact) mass is 254 g/mol. The fourth-order valence-electron chi connectivity index (χ4n) is 2.12. The number of hydrogen-bond donors (Lipinski definition) is 0. The number of rotatable bonds is 6. The van der Waals surface area contributed by atoms with Gasteiger partial charge in [0.05, 0.1) is 0 Å². The van der Waals surface area contributed by atoms with Crippen LogP contribution in [0.1, 0.15) is 24.8 Å². The van der Waals surface area contributed by atoms with Gasteiger partial charge < -0.3 is 0 Å². The normalized spacial score (nSPS) is 10.4. The lowest BCUT2D eigenvalue weighted by Gasteiger charge is -2.04. The Morgan fingerprint density at radius 2 is 1.42 bits per heavy atom. The maximum Gasteiger partial charge on any atom is 0.123 e. The number of allylic oxidation sites excluding steroid dienone is 1. The summed E-state index contributed by atoms with van der Waals surface area (Å²) in [6.07, 6.45) is 6.56. The summed E-state index contributed by atoms with van der Waals surface area (Å²) in [5.41, 5.74) is 3.55. The number of unbranched alkanes of at least 4 members (excludes halogenated alkanes) is 2. The van der Waals surface area contributed by atoms with Gasteiger partial charge in [0.1, 0.15) is 5.82 Å². The third-order valence-electron chi connectivity index (χ3n) is 3.26. The highest BCUT2D eigenvalue weighted by Gasteiger charge is 1.99. The van der Waals surface area contributed by atoms with Crippen LogP contribution in [0.5, 0.6) is 0 Å². The van der Waals surface area contributed by atoms with Crippen LogP contribution in [0.4, 0.5) is 4.39 Å². The molecule has 2 aromatic carbocycles. The molecule has 0 aliphatic carbocycles. The van der Waals surface area contributed by atoms with Crippen LogP contribution < -0.4 is 0 Å². The zero-order valence-electron chi connectivity index (χ0n) is 11.1. The van der Waals surface area contributed by atoms with Crippen molar-refractivity contribution < 1.29 is 4.39 Å². The quantitative estimate of drug-likeness (QED) is 0.479. The van der Waals surface area contributed by atoms with E-state index in [1.54, 1.807) is 0 Å². The third kappa shape index (κ3) is 4.06.